The van der Waals surface area contributed by atoms with Crippen molar-refractivity contribution in [3.63, 3.8) is 0 Å². The lowest BCUT2D eigenvalue weighted by atomic mass is 9.75. The van der Waals surface area contributed by atoms with Gasteiger partial charge in [-0.2, -0.15) is 0 Å². The van der Waals surface area contributed by atoms with Crippen LogP contribution in [-0.4, -0.2) is 79.2 Å². The molecule has 0 radical (unpaired) electrons. The molecular weight excluding hydrogens is 506 g/mol. The third-order valence-corrected chi connectivity index (χ3v) is 7.32. The van der Waals surface area contributed by atoms with Crippen LogP contribution in [0.15, 0.2) is 0 Å². The molecule has 0 aromatic heterocycles. The van der Waals surface area contributed by atoms with Crippen molar-refractivity contribution < 1.29 is 24.0 Å². The molecule has 2 aliphatic rings. The second-order valence-electron chi connectivity index (χ2n) is 10.3. The normalized spacial score (nSPS) is 25.6. The predicted octanol–water partition coefficient (Wildman–Crippen LogP) is -2.31. The van der Waals surface area contributed by atoms with Crippen molar-refractivity contribution in [2.24, 2.45) is 29.0 Å². The zero-order valence-corrected chi connectivity index (χ0v) is 22.7. The van der Waals surface area contributed by atoms with E-state index in [0.29, 0.717) is 51.6 Å². The minimum Gasteiger partial charge on any atom is -0.370 e. The Morgan fingerprint density at radius 1 is 1.03 bits per heavy atom. The number of rotatable bonds is 16. The summed E-state index contributed by atoms with van der Waals surface area (Å²) in [5.74, 6) is -4.10. The van der Waals surface area contributed by atoms with Crippen LogP contribution in [0.1, 0.15) is 64.7 Å². The molecule has 0 aliphatic carbocycles. The van der Waals surface area contributed by atoms with Crippen LogP contribution in [0.4, 0.5) is 0 Å². The average Bonchev–Trinajstić information content (AvgIpc) is 2.89. The molecule has 14 heteroatoms. The summed E-state index contributed by atoms with van der Waals surface area (Å²) in [6.45, 7) is 3.05. The van der Waals surface area contributed by atoms with Crippen LogP contribution in [0.25, 0.3) is 0 Å². The number of nitrogens with two attached hydrogens (primary N) is 3. The zero-order valence-electron chi connectivity index (χ0n) is 22.7. The van der Waals surface area contributed by atoms with Crippen molar-refractivity contribution in [3.8, 4) is 0 Å². The molecule has 1 unspecified atom stereocenters. The molecule has 0 spiro atoms. The van der Waals surface area contributed by atoms with Crippen LogP contribution in [0, 0.1) is 17.2 Å². The average molecular weight is 552 g/mol. The topological polar surface area (TPSA) is 247 Å². The molecule has 0 saturated carbocycles. The number of ketones is 1. The van der Waals surface area contributed by atoms with E-state index in [9.17, 15) is 24.0 Å². The van der Waals surface area contributed by atoms with Gasteiger partial charge in [-0.15, -0.1) is 0 Å². The van der Waals surface area contributed by atoms with Crippen LogP contribution in [0.2, 0.25) is 0 Å². The highest BCUT2D eigenvalue weighted by molar-refractivity contribution is 5.99. The van der Waals surface area contributed by atoms with E-state index in [1.807, 2.05) is 6.92 Å². The summed E-state index contributed by atoms with van der Waals surface area (Å²) >= 11 is 0. The SMILES string of the molecule is CCCC[C@@H]1NC[C@H](C(=O)C2C[C@H](C(=O)N[C@@H](CCCCN)C(N)=O)NC(=O)[C@@H]2CCCNC(=N)N)NC1=O. The van der Waals surface area contributed by atoms with Crippen molar-refractivity contribution in [2.75, 3.05) is 19.6 Å². The summed E-state index contributed by atoms with van der Waals surface area (Å²) in [6.07, 6.45) is 4.83. The van der Waals surface area contributed by atoms with Gasteiger partial charge in [0.05, 0.1) is 6.04 Å². The summed E-state index contributed by atoms with van der Waals surface area (Å²) in [4.78, 5) is 64.4. The second kappa shape index (κ2) is 16.0. The number of piperazine rings is 1. The summed E-state index contributed by atoms with van der Waals surface area (Å²) in [5.41, 5.74) is 16.3. The van der Waals surface area contributed by atoms with Crippen molar-refractivity contribution in [1.29, 1.82) is 5.41 Å². The lowest BCUT2D eigenvalue weighted by Gasteiger charge is -2.38. The molecule has 6 atom stereocenters. The number of amides is 4. The summed E-state index contributed by atoms with van der Waals surface area (Å²) in [6, 6.07) is -3.17. The summed E-state index contributed by atoms with van der Waals surface area (Å²) < 4.78 is 0. The number of hydrogen-bond acceptors (Lipinski definition) is 8. The van der Waals surface area contributed by atoms with E-state index in [2.05, 4.69) is 26.6 Å². The standard InChI is InChI=1S/C25H45N9O5/c1-2-3-8-17-23(38)34-19(13-31-17)20(35)15-12-18(24(39)32-16(21(27)36)9-4-5-10-26)33-22(37)14(15)7-6-11-30-25(28)29/h14-19,31H,2-13,26H2,1H3,(H2,27,36)(H,32,39)(H,33,37)(H,34,38)(H4,28,29,30)/t14-,15?,16+,17+,18-,19-/m1/s1. The summed E-state index contributed by atoms with van der Waals surface area (Å²) in [5, 5.41) is 21.2. The molecule has 0 aromatic rings. The van der Waals surface area contributed by atoms with Crippen LogP contribution < -0.4 is 43.8 Å². The number of carbonyl (C=O) groups excluding carboxylic acids is 5. The van der Waals surface area contributed by atoms with E-state index in [-0.39, 0.29) is 36.7 Å². The number of nitrogens with one attached hydrogen (secondary N) is 6. The van der Waals surface area contributed by atoms with Gasteiger partial charge in [-0.25, -0.2) is 0 Å². The largest absolute Gasteiger partial charge is 0.370 e. The van der Waals surface area contributed by atoms with E-state index >= 15 is 0 Å². The first-order chi connectivity index (χ1) is 18.6. The first kappa shape index (κ1) is 32.0. The Labute approximate surface area is 229 Å². The molecule has 2 heterocycles. The van der Waals surface area contributed by atoms with Gasteiger partial charge in [0.1, 0.15) is 18.1 Å². The van der Waals surface area contributed by atoms with Gasteiger partial charge in [0, 0.05) is 24.9 Å². The Bertz CT molecular complexity index is 899. The van der Waals surface area contributed by atoms with E-state index in [4.69, 9.17) is 22.6 Å². The lowest BCUT2D eigenvalue weighted by Crippen LogP contribution is -2.64. The molecule has 2 aliphatic heterocycles. The quantitative estimate of drug-likeness (QED) is 0.0567. The predicted molar refractivity (Wildman–Crippen MR) is 145 cm³/mol. The molecule has 0 bridgehead atoms. The van der Waals surface area contributed by atoms with Gasteiger partial charge in [-0.1, -0.05) is 19.8 Å². The van der Waals surface area contributed by atoms with Gasteiger partial charge >= 0.3 is 0 Å². The molecule has 2 fully saturated rings. The van der Waals surface area contributed by atoms with Gasteiger partial charge in [-0.3, -0.25) is 29.4 Å². The third-order valence-electron chi connectivity index (χ3n) is 7.32. The second-order valence-corrected chi connectivity index (χ2v) is 10.3. The highest BCUT2D eigenvalue weighted by Gasteiger charge is 2.45. The molecule has 220 valence electrons. The number of piperidine rings is 1. The number of primary amides is 1. The fourth-order valence-corrected chi connectivity index (χ4v) is 5.10. The maximum absolute atomic E-state index is 13.7. The first-order valence-electron chi connectivity index (χ1n) is 13.8. The van der Waals surface area contributed by atoms with Crippen molar-refractivity contribution in [3.05, 3.63) is 0 Å². The van der Waals surface area contributed by atoms with Crippen LogP contribution in [0.3, 0.4) is 0 Å². The fourth-order valence-electron chi connectivity index (χ4n) is 5.10. The van der Waals surface area contributed by atoms with Gasteiger partial charge < -0.3 is 43.8 Å². The van der Waals surface area contributed by atoms with E-state index in [1.54, 1.807) is 0 Å². The molecule has 2 saturated heterocycles. The van der Waals surface area contributed by atoms with E-state index in [1.165, 1.54) is 0 Å². The van der Waals surface area contributed by atoms with Crippen LogP contribution >= 0.6 is 0 Å². The molecule has 12 N–H and O–H groups in total. The number of unbranched alkanes of at least 4 members (excludes halogenated alkanes) is 2. The Balaban J connectivity index is 2.15. The first-order valence-corrected chi connectivity index (χ1v) is 13.8. The maximum atomic E-state index is 13.7. The number of guanidine groups is 1. The van der Waals surface area contributed by atoms with Gasteiger partial charge in [0.25, 0.3) is 0 Å². The lowest BCUT2D eigenvalue weighted by molar-refractivity contribution is -0.144. The van der Waals surface area contributed by atoms with E-state index < -0.39 is 47.7 Å². The van der Waals surface area contributed by atoms with Crippen molar-refractivity contribution in [2.45, 2.75) is 88.9 Å². The number of hydrogen-bond donors (Lipinski definition) is 9. The van der Waals surface area contributed by atoms with Crippen molar-refractivity contribution >= 4 is 35.4 Å². The highest BCUT2D eigenvalue weighted by atomic mass is 16.2. The minimum absolute atomic E-state index is 0.0150. The van der Waals surface area contributed by atoms with Crippen LogP contribution in [-0.2, 0) is 24.0 Å². The molecule has 4 amide bonds. The monoisotopic (exact) mass is 551 g/mol. The molecule has 14 nitrogen and oxygen atoms in total. The molecule has 0 aromatic carbocycles. The Morgan fingerprint density at radius 3 is 2.36 bits per heavy atom. The fraction of sp³-hybridized carbons (Fsp3) is 0.760. The van der Waals surface area contributed by atoms with Crippen LogP contribution in [0.5, 0.6) is 0 Å². The minimum atomic E-state index is -1.04. The third kappa shape index (κ3) is 9.77. The van der Waals surface area contributed by atoms with Crippen molar-refractivity contribution in [1.82, 2.24) is 26.6 Å². The zero-order chi connectivity index (χ0) is 28.9. The van der Waals surface area contributed by atoms with E-state index in [0.717, 1.165) is 12.8 Å². The van der Waals surface area contributed by atoms with Gasteiger partial charge in [0.2, 0.25) is 23.6 Å². The molecule has 2 rings (SSSR count). The maximum Gasteiger partial charge on any atom is 0.243 e. The summed E-state index contributed by atoms with van der Waals surface area (Å²) in [7, 11) is 0. The number of carbonyl (C=O) groups is 5. The molecular formula is C25H45N9O5. The Morgan fingerprint density at radius 2 is 1.74 bits per heavy atom. The number of Topliss-reactive ketones (excluding diaryl/α,β-unsaturated/α-hetero) is 1. The van der Waals surface area contributed by atoms with Gasteiger partial charge in [-0.05, 0) is 51.5 Å². The Kier molecular flexibility index (Phi) is 13.1. The molecule has 39 heavy (non-hydrogen) atoms. The smallest absolute Gasteiger partial charge is 0.243 e. The highest BCUT2D eigenvalue weighted by Crippen LogP contribution is 2.30. The van der Waals surface area contributed by atoms with Gasteiger partial charge in [0.15, 0.2) is 11.7 Å². The Hall–Kier alpha value is -3.26.